The standard InChI is InChI=1S/C15H14/c1-10-3-4-12-8-14-6-11(2)7-15(14)9-13(12)5-10/h3-5,7-9H,6H2,1-2H3. The minimum atomic E-state index is 1.12. The third-order valence-corrected chi connectivity index (χ3v) is 3.13. The van der Waals surface area contributed by atoms with Crippen molar-refractivity contribution in [2.45, 2.75) is 20.3 Å². The van der Waals surface area contributed by atoms with E-state index < -0.39 is 0 Å². The summed E-state index contributed by atoms with van der Waals surface area (Å²) < 4.78 is 0. The molecule has 15 heavy (non-hydrogen) atoms. The fraction of sp³-hybridized carbons (Fsp3) is 0.200. The molecular weight excluding hydrogens is 180 g/mol. The zero-order valence-corrected chi connectivity index (χ0v) is 9.17. The Balaban J connectivity index is 2.31. The van der Waals surface area contributed by atoms with Gasteiger partial charge in [-0.3, -0.25) is 0 Å². The molecule has 0 atom stereocenters. The summed E-state index contributed by atoms with van der Waals surface area (Å²) in [5, 5.41) is 2.72. The summed E-state index contributed by atoms with van der Waals surface area (Å²) in [6, 6.07) is 11.3. The highest BCUT2D eigenvalue weighted by molar-refractivity contribution is 5.88. The van der Waals surface area contributed by atoms with E-state index in [1.807, 2.05) is 0 Å². The molecule has 0 aromatic heterocycles. The topological polar surface area (TPSA) is 0 Å². The molecule has 2 aromatic rings. The smallest absolute Gasteiger partial charge is 0.00604 e. The molecule has 0 unspecified atom stereocenters. The van der Waals surface area contributed by atoms with Crippen molar-refractivity contribution in [3.63, 3.8) is 0 Å². The number of rotatable bonds is 0. The summed E-state index contributed by atoms with van der Waals surface area (Å²) in [5.74, 6) is 0. The third-order valence-electron chi connectivity index (χ3n) is 3.13. The van der Waals surface area contributed by atoms with Gasteiger partial charge < -0.3 is 0 Å². The maximum absolute atomic E-state index is 2.33. The molecule has 0 heterocycles. The first-order chi connectivity index (χ1) is 7.22. The summed E-state index contributed by atoms with van der Waals surface area (Å²) in [7, 11) is 0. The van der Waals surface area contributed by atoms with Gasteiger partial charge in [-0.15, -0.1) is 0 Å². The average Bonchev–Trinajstić information content (AvgIpc) is 2.53. The number of fused-ring (bicyclic) bond motifs is 2. The van der Waals surface area contributed by atoms with Crippen LogP contribution in [0.25, 0.3) is 16.8 Å². The molecular formula is C15H14. The van der Waals surface area contributed by atoms with Gasteiger partial charge in [-0.25, -0.2) is 0 Å². The minimum absolute atomic E-state index is 1.12. The van der Waals surface area contributed by atoms with Crippen molar-refractivity contribution in [2.24, 2.45) is 0 Å². The van der Waals surface area contributed by atoms with Gasteiger partial charge in [0.1, 0.15) is 0 Å². The van der Waals surface area contributed by atoms with Crippen LogP contribution in [0.2, 0.25) is 0 Å². The highest BCUT2D eigenvalue weighted by Gasteiger charge is 2.10. The lowest BCUT2D eigenvalue weighted by molar-refractivity contribution is 1.20. The molecule has 0 amide bonds. The van der Waals surface area contributed by atoms with E-state index in [-0.39, 0.29) is 0 Å². The third kappa shape index (κ3) is 1.37. The number of benzene rings is 2. The Labute approximate surface area is 90.2 Å². The van der Waals surface area contributed by atoms with E-state index in [2.05, 4.69) is 50.3 Å². The van der Waals surface area contributed by atoms with Gasteiger partial charge in [-0.1, -0.05) is 41.5 Å². The van der Waals surface area contributed by atoms with Gasteiger partial charge in [-0.05, 0) is 48.2 Å². The van der Waals surface area contributed by atoms with Crippen molar-refractivity contribution in [1.82, 2.24) is 0 Å². The van der Waals surface area contributed by atoms with Crippen molar-refractivity contribution in [2.75, 3.05) is 0 Å². The van der Waals surface area contributed by atoms with Gasteiger partial charge in [0.05, 0.1) is 0 Å². The van der Waals surface area contributed by atoms with Crippen molar-refractivity contribution < 1.29 is 0 Å². The Kier molecular flexibility index (Phi) is 1.72. The summed E-state index contributed by atoms with van der Waals surface area (Å²) >= 11 is 0. The lowest BCUT2D eigenvalue weighted by atomic mass is 10.0. The molecule has 0 heteroatoms. The van der Waals surface area contributed by atoms with Crippen molar-refractivity contribution >= 4 is 16.8 Å². The number of hydrogen-bond donors (Lipinski definition) is 0. The second kappa shape index (κ2) is 2.96. The molecule has 3 rings (SSSR count). The van der Waals surface area contributed by atoms with E-state index in [0.717, 1.165) is 6.42 Å². The zero-order chi connectivity index (χ0) is 10.4. The fourth-order valence-electron chi connectivity index (χ4n) is 2.39. The lowest BCUT2D eigenvalue weighted by Gasteiger charge is -2.04. The molecule has 1 aliphatic rings. The second-order valence-electron chi connectivity index (χ2n) is 4.57. The van der Waals surface area contributed by atoms with Crippen LogP contribution in [0.3, 0.4) is 0 Å². The largest absolute Gasteiger partial charge is 0.0683 e. The molecule has 0 nitrogen and oxygen atoms in total. The molecule has 0 saturated carbocycles. The van der Waals surface area contributed by atoms with Crippen LogP contribution < -0.4 is 0 Å². The molecule has 74 valence electrons. The monoisotopic (exact) mass is 194 g/mol. The SMILES string of the molecule is CC1=Cc2cc3cc(C)ccc3cc2C1. The second-order valence-corrected chi connectivity index (χ2v) is 4.57. The predicted octanol–water partition coefficient (Wildman–Crippen LogP) is 4.11. The van der Waals surface area contributed by atoms with E-state index >= 15 is 0 Å². The highest BCUT2D eigenvalue weighted by atomic mass is 14.1. The van der Waals surface area contributed by atoms with Crippen LogP contribution in [0, 0.1) is 6.92 Å². The Morgan fingerprint density at radius 2 is 1.80 bits per heavy atom. The first-order valence-corrected chi connectivity index (χ1v) is 5.43. The van der Waals surface area contributed by atoms with E-state index in [9.17, 15) is 0 Å². The first kappa shape index (κ1) is 8.72. The highest BCUT2D eigenvalue weighted by Crippen LogP contribution is 2.29. The summed E-state index contributed by atoms with van der Waals surface area (Å²) in [4.78, 5) is 0. The van der Waals surface area contributed by atoms with Crippen LogP contribution >= 0.6 is 0 Å². The number of hydrogen-bond acceptors (Lipinski definition) is 0. The Morgan fingerprint density at radius 1 is 0.933 bits per heavy atom. The Morgan fingerprint density at radius 3 is 2.67 bits per heavy atom. The maximum atomic E-state index is 2.33. The first-order valence-electron chi connectivity index (χ1n) is 5.43. The summed E-state index contributed by atoms with van der Waals surface area (Å²) in [5.41, 5.74) is 5.69. The predicted molar refractivity (Wildman–Crippen MR) is 66.0 cm³/mol. The molecule has 2 aromatic carbocycles. The van der Waals surface area contributed by atoms with Gasteiger partial charge >= 0.3 is 0 Å². The average molecular weight is 194 g/mol. The molecule has 0 N–H and O–H groups in total. The molecule has 0 fully saturated rings. The van der Waals surface area contributed by atoms with Crippen LogP contribution in [-0.4, -0.2) is 0 Å². The van der Waals surface area contributed by atoms with Gasteiger partial charge in [0.15, 0.2) is 0 Å². The van der Waals surface area contributed by atoms with Crippen molar-refractivity contribution in [1.29, 1.82) is 0 Å². The number of allylic oxidation sites excluding steroid dienone is 1. The van der Waals surface area contributed by atoms with Crippen molar-refractivity contribution in [3.8, 4) is 0 Å². The lowest BCUT2D eigenvalue weighted by Crippen LogP contribution is -1.84. The Hall–Kier alpha value is -1.56. The van der Waals surface area contributed by atoms with E-state index in [1.54, 1.807) is 0 Å². The van der Waals surface area contributed by atoms with Gasteiger partial charge in [-0.2, -0.15) is 0 Å². The molecule has 0 spiro atoms. The van der Waals surface area contributed by atoms with Crippen molar-refractivity contribution in [3.05, 3.63) is 52.6 Å². The molecule has 0 radical (unpaired) electrons. The minimum Gasteiger partial charge on any atom is -0.0683 e. The Bertz CT molecular complexity index is 574. The van der Waals surface area contributed by atoms with Crippen LogP contribution in [0.1, 0.15) is 23.6 Å². The zero-order valence-electron chi connectivity index (χ0n) is 9.17. The molecule has 0 aliphatic heterocycles. The molecule has 0 bridgehead atoms. The van der Waals surface area contributed by atoms with Crippen LogP contribution in [0.5, 0.6) is 0 Å². The molecule has 1 aliphatic carbocycles. The van der Waals surface area contributed by atoms with Gasteiger partial charge in [0.25, 0.3) is 0 Å². The molecule has 0 saturated heterocycles. The normalized spacial score (nSPS) is 14.1. The quantitative estimate of drug-likeness (QED) is 0.592. The van der Waals surface area contributed by atoms with Crippen LogP contribution in [-0.2, 0) is 6.42 Å². The van der Waals surface area contributed by atoms with Gasteiger partial charge in [0.2, 0.25) is 0 Å². The fourth-order valence-corrected chi connectivity index (χ4v) is 2.39. The van der Waals surface area contributed by atoms with E-state index in [4.69, 9.17) is 0 Å². The summed E-state index contributed by atoms with van der Waals surface area (Å²) in [6.45, 7) is 4.35. The van der Waals surface area contributed by atoms with E-state index in [0.29, 0.717) is 0 Å². The van der Waals surface area contributed by atoms with E-state index in [1.165, 1.54) is 33.0 Å². The summed E-state index contributed by atoms with van der Waals surface area (Å²) in [6.07, 6.45) is 3.43. The van der Waals surface area contributed by atoms with Gasteiger partial charge in [0, 0.05) is 0 Å². The maximum Gasteiger partial charge on any atom is -0.00604 e. The van der Waals surface area contributed by atoms with Crippen LogP contribution in [0.4, 0.5) is 0 Å². The van der Waals surface area contributed by atoms with Crippen LogP contribution in [0.15, 0.2) is 35.9 Å². The number of aryl methyl sites for hydroxylation is 1.